The monoisotopic (exact) mass is 402 g/mol. The van der Waals surface area contributed by atoms with Crippen LogP contribution in [0.2, 0.25) is 0 Å². The molecule has 0 aromatic carbocycles. The van der Waals surface area contributed by atoms with Crippen molar-refractivity contribution >= 4 is 18.6 Å². The lowest BCUT2D eigenvalue weighted by molar-refractivity contribution is -0.109. The highest BCUT2D eigenvalue weighted by molar-refractivity contribution is 5.63. The minimum Gasteiger partial charge on any atom is -0.516 e. The first kappa shape index (κ1) is 27.9. The molecule has 1 heterocycles. The van der Waals surface area contributed by atoms with Crippen LogP contribution in [0.1, 0.15) is 44.5 Å². The number of hydrogen-bond donors (Lipinski definition) is 4. The number of carbonyl (C=O) groups excluding carboxylic acids is 1. The van der Waals surface area contributed by atoms with E-state index in [-0.39, 0.29) is 17.2 Å². The first-order valence-corrected chi connectivity index (χ1v) is 9.49. The van der Waals surface area contributed by atoms with Crippen molar-refractivity contribution in [3.05, 3.63) is 82.7 Å². The molecule has 0 saturated carbocycles. The Hall–Kier alpha value is -3.28. The van der Waals surface area contributed by atoms with E-state index in [1.165, 1.54) is 6.08 Å². The van der Waals surface area contributed by atoms with Crippen LogP contribution in [-0.4, -0.2) is 28.2 Å². The van der Waals surface area contributed by atoms with Gasteiger partial charge in [-0.15, -0.1) is 6.58 Å². The third kappa shape index (κ3) is 11.9. The second-order valence-electron chi connectivity index (χ2n) is 5.43. The average molecular weight is 403 g/mol. The zero-order valence-electron chi connectivity index (χ0n) is 17.8. The van der Waals surface area contributed by atoms with Crippen LogP contribution >= 0.6 is 0 Å². The molecule has 160 valence electrons. The van der Waals surface area contributed by atoms with E-state index >= 15 is 0 Å². The Morgan fingerprint density at radius 1 is 1.34 bits per heavy atom. The second kappa shape index (κ2) is 18.1. The first-order chi connectivity index (χ1) is 13.9. The number of H-pyrrole nitrogens is 1. The molecule has 1 unspecified atom stereocenters. The predicted octanol–water partition coefficient (Wildman–Crippen LogP) is 4.69. The number of aryl methyl sites for hydroxylation is 1. The maximum atomic E-state index is 11.2. The zero-order chi connectivity index (χ0) is 22.7. The Morgan fingerprint density at radius 3 is 2.48 bits per heavy atom. The fourth-order valence-corrected chi connectivity index (χ4v) is 2.01. The number of allylic oxidation sites excluding steroid dienone is 3. The van der Waals surface area contributed by atoms with Crippen molar-refractivity contribution < 1.29 is 15.0 Å². The van der Waals surface area contributed by atoms with Crippen molar-refractivity contribution in [2.45, 2.75) is 34.1 Å². The lowest BCUT2D eigenvalue weighted by Crippen LogP contribution is -2.10. The molecular formula is C23H34N2O4. The molecule has 0 spiro atoms. The fraction of sp³-hybridized carbons (Fsp3) is 0.304. The van der Waals surface area contributed by atoms with E-state index in [4.69, 9.17) is 5.11 Å². The van der Waals surface area contributed by atoms with Crippen LogP contribution in [0.15, 0.2) is 60.3 Å². The quantitative estimate of drug-likeness (QED) is 0.158. The summed E-state index contributed by atoms with van der Waals surface area (Å²) in [6, 6.07) is 1.55. The number of aromatic nitrogens is 1. The van der Waals surface area contributed by atoms with E-state index in [0.29, 0.717) is 18.6 Å². The number of carbonyl (C=O) groups is 1. The molecule has 1 aromatic rings. The van der Waals surface area contributed by atoms with Crippen LogP contribution in [0.3, 0.4) is 0 Å². The highest BCUT2D eigenvalue weighted by Crippen LogP contribution is 2.14. The van der Waals surface area contributed by atoms with Gasteiger partial charge in [-0.2, -0.15) is 0 Å². The molecular weight excluding hydrogens is 368 g/mol. The van der Waals surface area contributed by atoms with Crippen molar-refractivity contribution in [3.63, 3.8) is 0 Å². The number of amides is 1. The van der Waals surface area contributed by atoms with Gasteiger partial charge in [-0.25, -0.2) is 0 Å². The van der Waals surface area contributed by atoms with Gasteiger partial charge in [0.2, 0.25) is 12.0 Å². The third-order valence-corrected chi connectivity index (χ3v) is 3.57. The molecule has 0 aliphatic carbocycles. The third-order valence-electron chi connectivity index (χ3n) is 3.57. The van der Waals surface area contributed by atoms with Crippen molar-refractivity contribution in [1.82, 2.24) is 10.3 Å². The molecule has 0 bridgehead atoms. The maximum Gasteiger partial charge on any atom is 0.248 e. The molecule has 6 heteroatoms. The topological polar surface area (TPSA) is 102 Å². The summed E-state index contributed by atoms with van der Waals surface area (Å²) in [5.41, 5.74) is 2.21. The van der Waals surface area contributed by atoms with Gasteiger partial charge in [0.25, 0.3) is 0 Å². The van der Waals surface area contributed by atoms with E-state index < -0.39 is 0 Å². The normalized spacial score (nSPS) is 11.7. The van der Waals surface area contributed by atoms with Crippen molar-refractivity contribution in [2.75, 3.05) is 6.54 Å². The molecule has 1 amide bonds. The van der Waals surface area contributed by atoms with Gasteiger partial charge >= 0.3 is 0 Å². The van der Waals surface area contributed by atoms with E-state index in [1.54, 1.807) is 36.4 Å². The van der Waals surface area contributed by atoms with Gasteiger partial charge < -0.3 is 20.5 Å². The number of rotatable bonds is 9. The summed E-state index contributed by atoms with van der Waals surface area (Å²) in [5, 5.41) is 20.4. The number of hydrogen-bond acceptors (Lipinski definition) is 4. The van der Waals surface area contributed by atoms with E-state index in [1.807, 2.05) is 27.7 Å². The summed E-state index contributed by atoms with van der Waals surface area (Å²) < 4.78 is 0. The van der Waals surface area contributed by atoms with Gasteiger partial charge in [-0.1, -0.05) is 58.6 Å². The summed E-state index contributed by atoms with van der Waals surface area (Å²) in [7, 11) is 0. The summed E-state index contributed by atoms with van der Waals surface area (Å²) >= 11 is 0. The Labute approximate surface area is 173 Å². The van der Waals surface area contributed by atoms with Crippen molar-refractivity contribution in [2.24, 2.45) is 5.92 Å². The Kier molecular flexibility index (Phi) is 17.4. The summed E-state index contributed by atoms with van der Waals surface area (Å²) in [6.07, 6.45) is 12.1. The minimum absolute atomic E-state index is 0.0383. The number of pyridine rings is 1. The summed E-state index contributed by atoms with van der Waals surface area (Å²) in [5.74, 6) is 0.223. The van der Waals surface area contributed by atoms with Crippen LogP contribution in [0.25, 0.3) is 12.2 Å². The van der Waals surface area contributed by atoms with E-state index in [9.17, 15) is 14.7 Å². The fourth-order valence-electron chi connectivity index (χ4n) is 2.01. The lowest BCUT2D eigenvalue weighted by atomic mass is 10.0. The molecule has 0 fully saturated rings. The minimum atomic E-state index is -0.166. The molecule has 0 aliphatic heterocycles. The molecule has 29 heavy (non-hydrogen) atoms. The molecule has 1 aromatic heterocycles. The zero-order valence-corrected chi connectivity index (χ0v) is 17.8. The smallest absolute Gasteiger partial charge is 0.248 e. The predicted molar refractivity (Wildman–Crippen MR) is 123 cm³/mol. The molecule has 4 N–H and O–H groups in total. The van der Waals surface area contributed by atoms with Crippen LogP contribution in [0.5, 0.6) is 0 Å². The van der Waals surface area contributed by atoms with E-state index in [2.05, 4.69) is 23.5 Å². The first-order valence-electron chi connectivity index (χ1n) is 9.49. The Bertz CT molecular complexity index is 759. The van der Waals surface area contributed by atoms with Crippen LogP contribution < -0.4 is 10.9 Å². The van der Waals surface area contributed by atoms with Crippen molar-refractivity contribution in [3.8, 4) is 0 Å². The highest BCUT2D eigenvalue weighted by atomic mass is 16.3. The number of aromatic amines is 1. The standard InChI is InChI=1S/C11H13NO2.C10H15NO2.C2H6/c1-3-8-7-11(14)12-10(5-6-13)9(8)4-2;1-3-9(2)10(13)6-4-5-7-11-8-12;1-2/h4-7,13H,2-3H2,1H3,(H,12,14);3-6,8-9,13H,1,7H2,2H3,(H,11,12);1-2H3/b6-5+;5-4-,10-6+;. The Balaban J connectivity index is 0. The second-order valence-corrected chi connectivity index (χ2v) is 5.43. The molecule has 1 rings (SSSR count). The molecule has 0 saturated heterocycles. The van der Waals surface area contributed by atoms with Gasteiger partial charge in [0.15, 0.2) is 0 Å². The summed E-state index contributed by atoms with van der Waals surface area (Å²) in [4.78, 5) is 23.7. The van der Waals surface area contributed by atoms with E-state index in [0.717, 1.165) is 23.8 Å². The van der Waals surface area contributed by atoms with Gasteiger partial charge in [0, 0.05) is 24.1 Å². The van der Waals surface area contributed by atoms with Crippen LogP contribution in [0.4, 0.5) is 0 Å². The van der Waals surface area contributed by atoms with Gasteiger partial charge in [0.05, 0.1) is 17.7 Å². The molecule has 1 atom stereocenters. The SMILES string of the molecule is C=CC(C)/C(O)=C\C=C/CNC=O.C=Cc1c(CC)cc(=O)[nH]c1/C=C/O.CC. The lowest BCUT2D eigenvalue weighted by Gasteiger charge is -2.05. The molecule has 6 nitrogen and oxygen atoms in total. The Morgan fingerprint density at radius 2 is 2.00 bits per heavy atom. The van der Waals surface area contributed by atoms with Crippen LogP contribution in [-0.2, 0) is 11.2 Å². The number of nitrogens with one attached hydrogen (secondary N) is 2. The average Bonchev–Trinajstić information content (AvgIpc) is 2.74. The summed E-state index contributed by atoms with van der Waals surface area (Å²) in [6.45, 7) is 15.5. The number of aliphatic hydroxyl groups is 2. The van der Waals surface area contributed by atoms with Gasteiger partial charge in [0.1, 0.15) is 0 Å². The largest absolute Gasteiger partial charge is 0.516 e. The molecule has 0 radical (unpaired) electrons. The molecule has 0 aliphatic rings. The van der Waals surface area contributed by atoms with Crippen molar-refractivity contribution in [1.29, 1.82) is 0 Å². The van der Waals surface area contributed by atoms with Gasteiger partial charge in [-0.05, 0) is 24.1 Å². The number of aliphatic hydroxyl groups excluding tert-OH is 2. The van der Waals surface area contributed by atoms with Crippen LogP contribution in [0, 0.1) is 5.92 Å². The maximum absolute atomic E-state index is 11.2. The van der Waals surface area contributed by atoms with Gasteiger partial charge in [-0.3, -0.25) is 9.59 Å². The highest BCUT2D eigenvalue weighted by Gasteiger charge is 2.03.